The van der Waals surface area contributed by atoms with Gasteiger partial charge in [0.2, 0.25) is 0 Å². The summed E-state index contributed by atoms with van der Waals surface area (Å²) in [5.41, 5.74) is 0.328. The van der Waals surface area contributed by atoms with Crippen molar-refractivity contribution in [2.24, 2.45) is 0 Å². The van der Waals surface area contributed by atoms with Crippen LogP contribution in [0.15, 0.2) is 54.6 Å². The van der Waals surface area contributed by atoms with E-state index in [2.05, 4.69) is 0 Å². The number of hydrogen-bond donors (Lipinski definition) is 0. The Hall–Kier alpha value is -2.01. The lowest BCUT2D eigenvalue weighted by atomic mass is 9.97. The maximum atomic E-state index is 13.1. The minimum absolute atomic E-state index is 0.0220. The summed E-state index contributed by atoms with van der Waals surface area (Å²) in [7, 11) is 0. The Balaban J connectivity index is 1.86. The van der Waals surface area contributed by atoms with Gasteiger partial charge in [-0.2, -0.15) is 13.2 Å². The van der Waals surface area contributed by atoms with Gasteiger partial charge >= 0.3 is 6.18 Å². The van der Waals surface area contributed by atoms with E-state index in [1.807, 2.05) is 30.3 Å². The second-order valence-corrected chi connectivity index (χ2v) is 5.65. The fraction of sp³-hybridized carbons (Fsp3) is 0.333. The van der Waals surface area contributed by atoms with Gasteiger partial charge in [-0.25, -0.2) is 0 Å². The summed E-state index contributed by atoms with van der Waals surface area (Å²) in [4.78, 5) is 5.69. The molecule has 3 rings (SSSR count). The van der Waals surface area contributed by atoms with Crippen molar-refractivity contribution >= 4 is 0 Å². The van der Waals surface area contributed by atoms with Gasteiger partial charge in [-0.1, -0.05) is 48.9 Å². The lowest BCUT2D eigenvalue weighted by Gasteiger charge is -2.35. The summed E-state index contributed by atoms with van der Waals surface area (Å²) in [6, 6.07) is 15.1. The van der Waals surface area contributed by atoms with E-state index in [-0.39, 0.29) is 11.8 Å². The molecular weight excluding hydrogens is 303 g/mol. The fourth-order valence-electron chi connectivity index (χ4n) is 2.93. The molecule has 1 atom stereocenters. The molecule has 1 aliphatic heterocycles. The summed E-state index contributed by atoms with van der Waals surface area (Å²) >= 11 is 0. The molecule has 0 saturated carbocycles. The maximum Gasteiger partial charge on any atom is 0.420 e. The molecule has 0 radical (unpaired) electrons. The molecular formula is C18H18F3NO. The van der Waals surface area contributed by atoms with Crippen molar-refractivity contribution in [1.82, 2.24) is 5.06 Å². The average molecular weight is 321 g/mol. The number of hydroxylamine groups is 2. The predicted molar refractivity (Wildman–Crippen MR) is 81.8 cm³/mol. The van der Waals surface area contributed by atoms with Gasteiger partial charge in [-0.3, -0.25) is 0 Å². The van der Waals surface area contributed by atoms with Gasteiger partial charge in [0, 0.05) is 6.54 Å². The third kappa shape index (κ3) is 3.67. The number of nitrogens with zero attached hydrogens (tertiary/aromatic N) is 1. The first-order valence-electron chi connectivity index (χ1n) is 7.71. The first-order chi connectivity index (χ1) is 11.1. The van der Waals surface area contributed by atoms with Crippen LogP contribution in [-0.4, -0.2) is 11.6 Å². The minimum Gasteiger partial charge on any atom is -0.405 e. The number of rotatable bonds is 3. The molecule has 2 nitrogen and oxygen atoms in total. The van der Waals surface area contributed by atoms with E-state index >= 15 is 0 Å². The van der Waals surface area contributed by atoms with E-state index in [1.54, 1.807) is 11.1 Å². The zero-order valence-electron chi connectivity index (χ0n) is 12.6. The van der Waals surface area contributed by atoms with Crippen LogP contribution in [0.25, 0.3) is 0 Å². The van der Waals surface area contributed by atoms with Crippen LogP contribution in [0.1, 0.15) is 36.4 Å². The second-order valence-electron chi connectivity index (χ2n) is 5.65. The van der Waals surface area contributed by atoms with E-state index in [0.717, 1.165) is 30.9 Å². The third-order valence-corrected chi connectivity index (χ3v) is 4.05. The summed E-state index contributed by atoms with van der Waals surface area (Å²) in [5, 5.41) is 1.68. The summed E-state index contributed by atoms with van der Waals surface area (Å²) in [6.45, 7) is 0.617. The zero-order chi connectivity index (χ0) is 16.3. The Morgan fingerprint density at radius 1 is 0.913 bits per heavy atom. The van der Waals surface area contributed by atoms with Crippen LogP contribution in [-0.2, 0) is 6.18 Å². The molecule has 1 fully saturated rings. The van der Waals surface area contributed by atoms with Crippen LogP contribution < -0.4 is 4.84 Å². The number of benzene rings is 2. The molecule has 1 heterocycles. The highest BCUT2D eigenvalue weighted by atomic mass is 19.4. The number of piperidine rings is 1. The lowest BCUT2D eigenvalue weighted by molar-refractivity contribution is -0.150. The van der Waals surface area contributed by atoms with Gasteiger partial charge in [0.15, 0.2) is 5.75 Å². The van der Waals surface area contributed by atoms with E-state index < -0.39 is 11.7 Å². The first-order valence-corrected chi connectivity index (χ1v) is 7.71. The Labute approximate surface area is 133 Å². The number of halogens is 3. The molecule has 2 aromatic carbocycles. The molecule has 0 N–H and O–H groups in total. The van der Waals surface area contributed by atoms with Crippen molar-refractivity contribution in [3.63, 3.8) is 0 Å². The molecule has 0 spiro atoms. The quantitative estimate of drug-likeness (QED) is 0.768. The average Bonchev–Trinajstić information content (AvgIpc) is 2.56. The Bertz CT molecular complexity index is 642. The predicted octanol–water partition coefficient (Wildman–Crippen LogP) is 5.23. The van der Waals surface area contributed by atoms with Crippen LogP contribution in [0.3, 0.4) is 0 Å². The van der Waals surface area contributed by atoms with Gasteiger partial charge in [0.25, 0.3) is 0 Å². The highest BCUT2D eigenvalue weighted by molar-refractivity contribution is 5.35. The lowest BCUT2D eigenvalue weighted by Crippen LogP contribution is -2.36. The van der Waals surface area contributed by atoms with Crippen molar-refractivity contribution in [1.29, 1.82) is 0 Å². The van der Waals surface area contributed by atoms with Crippen molar-refractivity contribution in [3.05, 3.63) is 65.7 Å². The highest BCUT2D eigenvalue weighted by Gasteiger charge is 2.35. The van der Waals surface area contributed by atoms with E-state index in [4.69, 9.17) is 4.84 Å². The van der Waals surface area contributed by atoms with Crippen LogP contribution in [0.2, 0.25) is 0 Å². The van der Waals surface area contributed by atoms with Crippen molar-refractivity contribution in [2.45, 2.75) is 31.5 Å². The molecule has 0 amide bonds. The van der Waals surface area contributed by atoms with E-state index in [1.165, 1.54) is 12.1 Å². The molecule has 0 aromatic heterocycles. The van der Waals surface area contributed by atoms with Crippen LogP contribution in [0.5, 0.6) is 5.75 Å². The number of hydrogen-bond acceptors (Lipinski definition) is 2. The van der Waals surface area contributed by atoms with Crippen molar-refractivity contribution in [3.8, 4) is 5.75 Å². The van der Waals surface area contributed by atoms with E-state index in [0.29, 0.717) is 6.54 Å². The third-order valence-electron chi connectivity index (χ3n) is 4.05. The maximum absolute atomic E-state index is 13.1. The number of para-hydroxylation sites is 1. The normalized spacial score (nSPS) is 19.5. The molecule has 2 aromatic rings. The fourth-order valence-corrected chi connectivity index (χ4v) is 2.93. The van der Waals surface area contributed by atoms with Gasteiger partial charge < -0.3 is 4.84 Å². The van der Waals surface area contributed by atoms with Crippen molar-refractivity contribution in [2.75, 3.05) is 6.54 Å². The molecule has 23 heavy (non-hydrogen) atoms. The SMILES string of the molecule is FC(F)(F)c1ccccc1ON1CCCCC1c1ccccc1. The molecule has 1 saturated heterocycles. The molecule has 5 heteroatoms. The Morgan fingerprint density at radius 2 is 1.61 bits per heavy atom. The van der Waals surface area contributed by atoms with Gasteiger partial charge in [-0.05, 0) is 30.5 Å². The van der Waals surface area contributed by atoms with E-state index in [9.17, 15) is 13.2 Å². The molecule has 0 bridgehead atoms. The largest absolute Gasteiger partial charge is 0.420 e. The highest BCUT2D eigenvalue weighted by Crippen LogP contribution is 2.38. The monoisotopic (exact) mass is 321 g/mol. The summed E-state index contributed by atoms with van der Waals surface area (Å²) in [5.74, 6) is -0.136. The molecule has 1 unspecified atom stereocenters. The van der Waals surface area contributed by atoms with Crippen molar-refractivity contribution < 1.29 is 18.0 Å². The molecule has 1 aliphatic rings. The standard InChI is InChI=1S/C18H18F3NO/c19-18(20,21)15-10-4-5-12-17(15)23-22-13-7-6-11-16(22)14-8-2-1-3-9-14/h1-5,8-10,12,16H,6-7,11,13H2. The first kappa shape index (κ1) is 15.9. The summed E-state index contributed by atoms with van der Waals surface area (Å²) < 4.78 is 39.4. The minimum atomic E-state index is -4.42. The van der Waals surface area contributed by atoms with Crippen LogP contribution >= 0.6 is 0 Å². The zero-order valence-corrected chi connectivity index (χ0v) is 12.6. The van der Waals surface area contributed by atoms with Crippen LogP contribution in [0, 0.1) is 0 Å². The van der Waals surface area contributed by atoms with Crippen LogP contribution in [0.4, 0.5) is 13.2 Å². The molecule has 0 aliphatic carbocycles. The van der Waals surface area contributed by atoms with Gasteiger partial charge in [0.1, 0.15) is 5.56 Å². The number of alkyl halides is 3. The molecule has 122 valence electrons. The second kappa shape index (κ2) is 6.62. The Morgan fingerprint density at radius 3 is 2.35 bits per heavy atom. The van der Waals surface area contributed by atoms with Gasteiger partial charge in [0.05, 0.1) is 6.04 Å². The summed E-state index contributed by atoms with van der Waals surface area (Å²) in [6.07, 6.45) is -1.59. The van der Waals surface area contributed by atoms with Gasteiger partial charge in [-0.15, -0.1) is 5.06 Å². The smallest absolute Gasteiger partial charge is 0.405 e. The topological polar surface area (TPSA) is 12.5 Å². The Kier molecular flexibility index (Phi) is 4.57.